The van der Waals surface area contributed by atoms with Gasteiger partial charge in [-0.25, -0.2) is 14.4 Å². The van der Waals surface area contributed by atoms with Gasteiger partial charge in [0.25, 0.3) is 0 Å². The van der Waals surface area contributed by atoms with Crippen molar-refractivity contribution in [3.8, 4) is 5.75 Å². The van der Waals surface area contributed by atoms with Crippen LogP contribution in [-0.4, -0.2) is 62.4 Å². The van der Waals surface area contributed by atoms with Crippen molar-refractivity contribution in [2.45, 2.75) is 62.6 Å². The van der Waals surface area contributed by atoms with Crippen LogP contribution < -0.4 is 21.0 Å². The molecular weight excluding hydrogens is 505 g/mol. The van der Waals surface area contributed by atoms with E-state index in [0.29, 0.717) is 4.57 Å². The zero-order chi connectivity index (χ0) is 26.3. The van der Waals surface area contributed by atoms with E-state index in [1.54, 1.807) is 32.0 Å². The van der Waals surface area contributed by atoms with Crippen molar-refractivity contribution in [1.82, 2.24) is 14.6 Å². The highest BCUT2D eigenvalue weighted by molar-refractivity contribution is 7.52. The molecule has 12 nitrogen and oxygen atoms in total. The van der Waals surface area contributed by atoms with Gasteiger partial charge < -0.3 is 29.9 Å². The Kier molecular flexibility index (Phi) is 7.23. The highest BCUT2D eigenvalue weighted by atomic mass is 31.2. The first-order valence-corrected chi connectivity index (χ1v) is 12.5. The maximum Gasteiger partial charge on any atom is 0.459 e. The highest BCUT2D eigenvalue weighted by Crippen LogP contribution is 2.49. The van der Waals surface area contributed by atoms with Crippen LogP contribution in [-0.2, 0) is 18.6 Å². The normalized spacial score (nSPS) is 30.7. The molecule has 5 N–H and O–H groups in total. The number of benzene rings is 1. The largest absolute Gasteiger partial charge is 0.459 e. The molecule has 4 rings (SSSR count). The fourth-order valence-electron chi connectivity index (χ4n) is 3.99. The molecular formula is C21H27F2N4O8P. The fourth-order valence-corrected chi connectivity index (χ4v) is 5.54. The zero-order valence-corrected chi connectivity index (χ0v) is 20.3. The molecule has 2 aliphatic rings. The Morgan fingerprint density at radius 2 is 1.97 bits per heavy atom. The predicted molar refractivity (Wildman–Crippen MR) is 121 cm³/mol. The summed E-state index contributed by atoms with van der Waals surface area (Å²) in [6, 6.07) is 8.16. The summed E-state index contributed by atoms with van der Waals surface area (Å²) in [7, 11) is -4.34. The molecule has 2 aliphatic heterocycles. The number of rotatable bonds is 8. The van der Waals surface area contributed by atoms with Crippen LogP contribution in [0.15, 0.2) is 47.4 Å². The minimum atomic E-state index is -4.34. The zero-order valence-electron chi connectivity index (χ0n) is 19.4. The predicted octanol–water partition coefficient (Wildman–Crippen LogP) is 1.40. The van der Waals surface area contributed by atoms with E-state index in [-0.39, 0.29) is 18.0 Å². The average molecular weight is 532 g/mol. The minimum Gasteiger partial charge on any atom is -0.413 e. The molecule has 6 unspecified atom stereocenters. The van der Waals surface area contributed by atoms with E-state index in [9.17, 15) is 28.4 Å². The Morgan fingerprint density at radius 3 is 2.58 bits per heavy atom. The van der Waals surface area contributed by atoms with Gasteiger partial charge in [-0.2, -0.15) is 13.8 Å². The van der Waals surface area contributed by atoms with Crippen LogP contribution >= 0.6 is 7.75 Å². The Morgan fingerprint density at radius 1 is 1.28 bits per heavy atom. The number of nitrogens with zero attached hydrogens (tertiary/aromatic N) is 2. The van der Waals surface area contributed by atoms with Gasteiger partial charge in [0, 0.05) is 6.20 Å². The Balaban J connectivity index is 1.53. The summed E-state index contributed by atoms with van der Waals surface area (Å²) < 4.78 is 65.4. The number of para-hydroxylation sites is 1. The number of nitrogens with one attached hydrogen (secondary N) is 1. The SMILES string of the molecule is CC1(C)CC(NP(=O)(OCC2OC(n3ccc(N)nc3=O)C(F)(F)C2O)Oc2ccccc2)C(O)O1. The second kappa shape index (κ2) is 9.78. The van der Waals surface area contributed by atoms with Crippen LogP contribution in [0, 0.1) is 0 Å². The van der Waals surface area contributed by atoms with Crippen molar-refractivity contribution >= 4 is 13.6 Å². The smallest absolute Gasteiger partial charge is 0.413 e. The number of aliphatic hydroxyl groups is 2. The van der Waals surface area contributed by atoms with Crippen molar-refractivity contribution in [2.75, 3.05) is 12.3 Å². The first-order valence-electron chi connectivity index (χ1n) is 11.0. The number of nitrogen functional groups attached to an aromatic ring is 1. The molecule has 0 bridgehead atoms. The maximum absolute atomic E-state index is 14.8. The summed E-state index contributed by atoms with van der Waals surface area (Å²) in [6.45, 7) is 2.63. The summed E-state index contributed by atoms with van der Waals surface area (Å²) in [6.07, 6.45) is -6.48. The average Bonchev–Trinajstić information content (AvgIpc) is 3.17. The molecule has 2 saturated heterocycles. The molecule has 15 heteroatoms. The van der Waals surface area contributed by atoms with Gasteiger partial charge in [0.15, 0.2) is 12.4 Å². The number of anilines is 1. The van der Waals surface area contributed by atoms with Gasteiger partial charge in [0.05, 0.1) is 18.2 Å². The third-order valence-electron chi connectivity index (χ3n) is 5.68. The third-order valence-corrected chi connectivity index (χ3v) is 7.27. The van der Waals surface area contributed by atoms with Crippen LogP contribution in [0.5, 0.6) is 5.75 Å². The number of nitrogens with two attached hydrogens (primary N) is 1. The Hall–Kier alpha value is -2.45. The van der Waals surface area contributed by atoms with Gasteiger partial charge in [-0.05, 0) is 38.5 Å². The topological polar surface area (TPSA) is 167 Å². The van der Waals surface area contributed by atoms with Gasteiger partial charge in [0.1, 0.15) is 17.7 Å². The van der Waals surface area contributed by atoms with Crippen LogP contribution in [0.2, 0.25) is 0 Å². The number of alkyl halides is 2. The molecule has 36 heavy (non-hydrogen) atoms. The second-order valence-corrected chi connectivity index (χ2v) is 10.8. The molecule has 0 saturated carbocycles. The quantitative estimate of drug-likeness (QED) is 0.363. The molecule has 1 aromatic heterocycles. The van der Waals surface area contributed by atoms with Gasteiger partial charge in [-0.3, -0.25) is 9.09 Å². The standard InChI is InChI=1S/C21H27F2N4O8P/c1-20(2)10-13(17(29)34-20)26-36(31,35-12-6-4-3-5-7-12)32-11-14-16(28)21(22,23)18(33-14)27-9-8-15(24)25-19(27)30/h3-9,13-14,16-18,28-29H,10-11H2,1-2H3,(H,26,31)(H2,24,25,30). The van der Waals surface area contributed by atoms with Crippen molar-refractivity contribution < 1.29 is 42.1 Å². The summed E-state index contributed by atoms with van der Waals surface area (Å²) in [4.78, 5) is 15.5. The van der Waals surface area contributed by atoms with E-state index in [0.717, 1.165) is 12.3 Å². The second-order valence-electron chi connectivity index (χ2n) is 9.09. The third kappa shape index (κ3) is 5.59. The lowest BCUT2D eigenvalue weighted by Gasteiger charge is -2.25. The van der Waals surface area contributed by atoms with Gasteiger partial charge >= 0.3 is 19.4 Å². The molecule has 6 atom stereocenters. The van der Waals surface area contributed by atoms with Crippen LogP contribution in [0.4, 0.5) is 14.6 Å². The molecule has 0 aliphatic carbocycles. The lowest BCUT2D eigenvalue weighted by atomic mass is 10.0. The molecule has 0 amide bonds. The summed E-state index contributed by atoms with van der Waals surface area (Å²) in [5, 5.41) is 23.1. The molecule has 0 radical (unpaired) electrons. The molecule has 198 valence electrons. The lowest BCUT2D eigenvalue weighted by Crippen LogP contribution is -2.42. The summed E-state index contributed by atoms with van der Waals surface area (Å²) in [5.74, 6) is -3.96. The van der Waals surface area contributed by atoms with Gasteiger partial charge in [0.2, 0.25) is 6.23 Å². The highest BCUT2D eigenvalue weighted by Gasteiger charge is 2.60. The number of aromatic nitrogens is 2. The fraction of sp³-hybridized carbons (Fsp3) is 0.524. The van der Waals surface area contributed by atoms with E-state index >= 15 is 0 Å². The van der Waals surface area contributed by atoms with Crippen LogP contribution in [0.1, 0.15) is 26.5 Å². The van der Waals surface area contributed by atoms with Crippen molar-refractivity contribution in [2.24, 2.45) is 0 Å². The maximum atomic E-state index is 14.8. The number of aliphatic hydroxyl groups excluding tert-OH is 2. The molecule has 0 spiro atoms. The first-order chi connectivity index (χ1) is 16.8. The van der Waals surface area contributed by atoms with E-state index in [1.165, 1.54) is 12.1 Å². The minimum absolute atomic E-state index is 0.136. The molecule has 3 heterocycles. The van der Waals surface area contributed by atoms with Crippen molar-refractivity contribution in [1.29, 1.82) is 0 Å². The van der Waals surface area contributed by atoms with E-state index in [2.05, 4.69) is 10.1 Å². The molecule has 2 fully saturated rings. The number of halogens is 2. The number of hydrogen-bond acceptors (Lipinski definition) is 10. The number of ether oxygens (including phenoxy) is 2. The first kappa shape index (κ1) is 26.6. The van der Waals surface area contributed by atoms with Gasteiger partial charge in [-0.15, -0.1) is 0 Å². The monoisotopic (exact) mass is 532 g/mol. The lowest BCUT2D eigenvalue weighted by molar-refractivity contribution is -0.140. The van der Waals surface area contributed by atoms with Gasteiger partial charge in [-0.1, -0.05) is 18.2 Å². The van der Waals surface area contributed by atoms with Crippen molar-refractivity contribution in [3.63, 3.8) is 0 Å². The summed E-state index contributed by atoms with van der Waals surface area (Å²) >= 11 is 0. The van der Waals surface area contributed by atoms with E-state index in [1.807, 2.05) is 0 Å². The Bertz CT molecular complexity index is 1180. The molecule has 2 aromatic rings. The molecule has 1 aromatic carbocycles. The van der Waals surface area contributed by atoms with E-state index < -0.39 is 62.3 Å². The van der Waals surface area contributed by atoms with Crippen molar-refractivity contribution in [3.05, 3.63) is 53.1 Å². The van der Waals surface area contributed by atoms with Crippen LogP contribution in [0.25, 0.3) is 0 Å². The van der Waals surface area contributed by atoms with E-state index in [4.69, 9.17) is 24.3 Å². The van der Waals surface area contributed by atoms with Crippen LogP contribution in [0.3, 0.4) is 0 Å². The number of hydrogen-bond donors (Lipinski definition) is 4. The Labute approximate surface area is 204 Å². The summed E-state index contributed by atoms with van der Waals surface area (Å²) in [5.41, 5.74) is 3.55.